The lowest BCUT2D eigenvalue weighted by Crippen LogP contribution is -2.05. The Morgan fingerprint density at radius 3 is 2.58 bits per heavy atom. The molecule has 4 nitrogen and oxygen atoms in total. The third kappa shape index (κ3) is 3.64. The largest absolute Gasteiger partial charge is 0.293 e. The Bertz CT molecular complexity index is 881. The molecule has 0 spiro atoms. The fourth-order valence-electron chi connectivity index (χ4n) is 2.23. The summed E-state index contributed by atoms with van der Waals surface area (Å²) >= 11 is 13.3. The smallest absolute Gasteiger partial charge is 0.196 e. The van der Waals surface area contributed by atoms with Crippen molar-refractivity contribution in [2.75, 3.05) is 5.75 Å². The van der Waals surface area contributed by atoms with Crippen LogP contribution in [-0.4, -0.2) is 26.3 Å². The second kappa shape index (κ2) is 7.38. The van der Waals surface area contributed by atoms with Gasteiger partial charge in [0.1, 0.15) is 5.82 Å². The highest BCUT2D eigenvalue weighted by Gasteiger charge is 2.16. The molecule has 0 saturated carbocycles. The van der Waals surface area contributed by atoms with Gasteiger partial charge in [-0.3, -0.25) is 9.36 Å². The quantitative estimate of drug-likeness (QED) is 0.470. The molecular weight excluding hydrogens is 365 g/mol. The molecule has 0 fully saturated rings. The van der Waals surface area contributed by atoms with Crippen molar-refractivity contribution in [1.82, 2.24) is 14.8 Å². The lowest BCUT2D eigenvalue weighted by Gasteiger charge is -2.08. The molecule has 0 aliphatic heterocycles. The van der Waals surface area contributed by atoms with Gasteiger partial charge in [0.25, 0.3) is 0 Å². The van der Waals surface area contributed by atoms with E-state index in [4.69, 9.17) is 23.2 Å². The number of aryl methyl sites for hydroxylation is 1. The maximum atomic E-state index is 12.4. The van der Waals surface area contributed by atoms with Crippen LogP contribution in [-0.2, 0) is 0 Å². The predicted molar refractivity (Wildman–Crippen MR) is 97.6 cm³/mol. The summed E-state index contributed by atoms with van der Waals surface area (Å²) in [6, 6.07) is 14.6. The van der Waals surface area contributed by atoms with Crippen LogP contribution in [0, 0.1) is 6.92 Å². The van der Waals surface area contributed by atoms with E-state index in [0.717, 1.165) is 11.5 Å². The summed E-state index contributed by atoms with van der Waals surface area (Å²) < 4.78 is 1.92. The first-order valence-corrected chi connectivity index (χ1v) is 8.89. The summed E-state index contributed by atoms with van der Waals surface area (Å²) in [5.74, 6) is 0.898. The van der Waals surface area contributed by atoms with Crippen molar-refractivity contribution in [1.29, 1.82) is 0 Å². The van der Waals surface area contributed by atoms with Crippen LogP contribution in [0.25, 0.3) is 5.69 Å². The molecular formula is C17H13Cl2N3OS. The molecule has 3 aromatic rings. The number of ketones is 1. The van der Waals surface area contributed by atoms with Crippen LogP contribution in [0.5, 0.6) is 0 Å². The van der Waals surface area contributed by atoms with Crippen LogP contribution < -0.4 is 0 Å². The summed E-state index contributed by atoms with van der Waals surface area (Å²) in [5, 5.41) is 9.80. The number of carbonyl (C=O) groups is 1. The molecule has 24 heavy (non-hydrogen) atoms. The monoisotopic (exact) mass is 377 g/mol. The zero-order valence-electron chi connectivity index (χ0n) is 12.7. The van der Waals surface area contributed by atoms with Crippen molar-refractivity contribution in [3.05, 3.63) is 70.0 Å². The molecule has 0 saturated heterocycles. The Balaban J connectivity index is 1.79. The van der Waals surface area contributed by atoms with Crippen molar-refractivity contribution in [3.8, 4) is 5.69 Å². The van der Waals surface area contributed by atoms with E-state index in [2.05, 4.69) is 10.2 Å². The van der Waals surface area contributed by atoms with E-state index in [0.29, 0.717) is 20.8 Å². The number of aromatic nitrogens is 3. The van der Waals surface area contributed by atoms with E-state index in [1.807, 2.05) is 41.8 Å². The average Bonchev–Trinajstić information content (AvgIpc) is 2.94. The summed E-state index contributed by atoms with van der Waals surface area (Å²) in [4.78, 5) is 12.4. The first kappa shape index (κ1) is 17.0. The standard InChI is InChI=1S/C17H13Cl2N3OS/c1-11-20-21-17(22(11)13-5-3-2-4-6-13)24-10-16(23)14-8-7-12(18)9-15(14)19/h2-9H,10H2,1H3. The molecule has 0 aliphatic carbocycles. The Hall–Kier alpha value is -1.82. The van der Waals surface area contributed by atoms with Crippen LogP contribution in [0.3, 0.4) is 0 Å². The van der Waals surface area contributed by atoms with Gasteiger partial charge >= 0.3 is 0 Å². The van der Waals surface area contributed by atoms with E-state index in [1.54, 1.807) is 18.2 Å². The van der Waals surface area contributed by atoms with Gasteiger partial charge in [-0.2, -0.15) is 0 Å². The fraction of sp³-hybridized carbons (Fsp3) is 0.118. The number of Topliss-reactive ketones (excluding diaryl/α,β-unsaturated/α-hetero) is 1. The molecule has 0 atom stereocenters. The van der Waals surface area contributed by atoms with Gasteiger partial charge in [0.15, 0.2) is 10.9 Å². The summed E-state index contributed by atoms with van der Waals surface area (Å²) in [6.45, 7) is 1.88. The highest BCUT2D eigenvalue weighted by molar-refractivity contribution is 7.99. The van der Waals surface area contributed by atoms with Crippen molar-refractivity contribution >= 4 is 40.7 Å². The van der Waals surface area contributed by atoms with Crippen molar-refractivity contribution in [2.45, 2.75) is 12.1 Å². The maximum Gasteiger partial charge on any atom is 0.196 e. The van der Waals surface area contributed by atoms with Crippen molar-refractivity contribution in [3.63, 3.8) is 0 Å². The normalized spacial score (nSPS) is 10.8. The number of halogens is 2. The first-order chi connectivity index (χ1) is 11.6. The van der Waals surface area contributed by atoms with Crippen LogP contribution in [0.4, 0.5) is 0 Å². The predicted octanol–water partition coefficient (Wildman–Crippen LogP) is 4.86. The minimum absolute atomic E-state index is 0.0815. The molecule has 0 aliphatic rings. The minimum Gasteiger partial charge on any atom is -0.293 e. The molecule has 122 valence electrons. The van der Waals surface area contributed by atoms with E-state index >= 15 is 0 Å². The summed E-state index contributed by atoms with van der Waals surface area (Å²) in [7, 11) is 0. The molecule has 3 rings (SSSR count). The van der Waals surface area contributed by atoms with Gasteiger partial charge in [-0.1, -0.05) is 53.2 Å². The molecule has 1 heterocycles. The van der Waals surface area contributed by atoms with Gasteiger partial charge < -0.3 is 0 Å². The molecule has 1 aromatic heterocycles. The Morgan fingerprint density at radius 1 is 1.12 bits per heavy atom. The molecule has 0 radical (unpaired) electrons. The molecule has 0 amide bonds. The van der Waals surface area contributed by atoms with Gasteiger partial charge in [-0.25, -0.2) is 0 Å². The second-order valence-electron chi connectivity index (χ2n) is 5.04. The third-order valence-electron chi connectivity index (χ3n) is 3.37. The lowest BCUT2D eigenvalue weighted by atomic mass is 10.1. The number of carbonyl (C=O) groups excluding carboxylic acids is 1. The topological polar surface area (TPSA) is 47.8 Å². The molecule has 0 unspecified atom stereocenters. The highest BCUT2D eigenvalue weighted by Crippen LogP contribution is 2.25. The maximum absolute atomic E-state index is 12.4. The van der Waals surface area contributed by atoms with E-state index in [-0.39, 0.29) is 11.5 Å². The number of benzene rings is 2. The second-order valence-corrected chi connectivity index (χ2v) is 6.82. The SMILES string of the molecule is Cc1nnc(SCC(=O)c2ccc(Cl)cc2Cl)n1-c1ccccc1. The Labute approximate surface area is 153 Å². The van der Waals surface area contributed by atoms with Crippen molar-refractivity contribution in [2.24, 2.45) is 0 Å². The molecule has 0 bridgehead atoms. The zero-order chi connectivity index (χ0) is 17.1. The Morgan fingerprint density at radius 2 is 1.88 bits per heavy atom. The average molecular weight is 378 g/mol. The summed E-state index contributed by atoms with van der Waals surface area (Å²) in [6.07, 6.45) is 0. The van der Waals surface area contributed by atoms with E-state index in [1.165, 1.54) is 11.8 Å². The number of hydrogen-bond donors (Lipinski definition) is 0. The van der Waals surface area contributed by atoms with Gasteiger partial charge in [-0.15, -0.1) is 10.2 Å². The number of rotatable bonds is 5. The minimum atomic E-state index is -0.0815. The number of hydrogen-bond acceptors (Lipinski definition) is 4. The molecule has 0 N–H and O–H groups in total. The number of nitrogens with zero attached hydrogens (tertiary/aromatic N) is 3. The highest BCUT2D eigenvalue weighted by atomic mass is 35.5. The van der Waals surface area contributed by atoms with Crippen LogP contribution in [0.2, 0.25) is 10.0 Å². The van der Waals surface area contributed by atoms with Gasteiger partial charge in [-0.05, 0) is 37.3 Å². The van der Waals surface area contributed by atoms with E-state index < -0.39 is 0 Å². The zero-order valence-corrected chi connectivity index (χ0v) is 15.1. The van der Waals surface area contributed by atoms with Crippen LogP contribution in [0.15, 0.2) is 53.7 Å². The molecule has 7 heteroatoms. The van der Waals surface area contributed by atoms with Gasteiger partial charge in [0.2, 0.25) is 0 Å². The summed E-state index contributed by atoms with van der Waals surface area (Å²) in [5.41, 5.74) is 1.41. The Kier molecular flexibility index (Phi) is 5.23. The van der Waals surface area contributed by atoms with Gasteiger partial charge in [0.05, 0.1) is 10.8 Å². The fourth-order valence-corrected chi connectivity index (χ4v) is 3.63. The van der Waals surface area contributed by atoms with Crippen LogP contribution >= 0.6 is 35.0 Å². The first-order valence-electron chi connectivity index (χ1n) is 7.15. The van der Waals surface area contributed by atoms with Crippen molar-refractivity contribution < 1.29 is 4.79 Å². The number of para-hydroxylation sites is 1. The molecule has 2 aromatic carbocycles. The lowest BCUT2D eigenvalue weighted by molar-refractivity contribution is 0.102. The van der Waals surface area contributed by atoms with Gasteiger partial charge in [0, 0.05) is 16.3 Å². The third-order valence-corrected chi connectivity index (χ3v) is 4.85. The van der Waals surface area contributed by atoms with Crippen LogP contribution in [0.1, 0.15) is 16.2 Å². The van der Waals surface area contributed by atoms with E-state index in [9.17, 15) is 4.79 Å². The number of thioether (sulfide) groups is 1.